The lowest BCUT2D eigenvalue weighted by Gasteiger charge is -2.17. The Hall–Kier alpha value is -1.73. The highest BCUT2D eigenvalue weighted by atomic mass is 32.1. The summed E-state index contributed by atoms with van der Waals surface area (Å²) in [5.41, 5.74) is 3.22. The quantitative estimate of drug-likeness (QED) is 0.713. The van der Waals surface area contributed by atoms with Gasteiger partial charge in [0.1, 0.15) is 4.83 Å². The van der Waals surface area contributed by atoms with Crippen LogP contribution < -0.4 is 5.56 Å². The van der Waals surface area contributed by atoms with Crippen LogP contribution in [0.15, 0.2) is 11.0 Å². The van der Waals surface area contributed by atoms with E-state index in [1.807, 2.05) is 20.2 Å². The highest BCUT2D eigenvalue weighted by Gasteiger charge is 2.23. The van der Waals surface area contributed by atoms with Crippen molar-refractivity contribution >= 4 is 33.8 Å². The standard InChI is InChI=1S/C17H20N4OS2/c1-9-4-5-12-13(6-9)24-15-14(12)16(22)21(17(23)18-15)8-11-7-20(3)19-10(11)2/h7,9H,4-6,8H2,1-3H3,(H,18,23). The van der Waals surface area contributed by atoms with E-state index < -0.39 is 0 Å². The van der Waals surface area contributed by atoms with Crippen molar-refractivity contribution in [1.29, 1.82) is 0 Å². The number of aromatic nitrogens is 4. The Morgan fingerprint density at radius 3 is 3.00 bits per heavy atom. The van der Waals surface area contributed by atoms with Crippen LogP contribution in [0.1, 0.15) is 35.0 Å². The third-order valence-corrected chi connectivity index (χ3v) is 6.37. The third-order valence-electron chi connectivity index (χ3n) is 4.88. The molecular formula is C17H20N4OS2. The minimum absolute atomic E-state index is 0.0315. The van der Waals surface area contributed by atoms with E-state index in [1.165, 1.54) is 10.4 Å². The van der Waals surface area contributed by atoms with Crippen molar-refractivity contribution in [3.8, 4) is 0 Å². The summed E-state index contributed by atoms with van der Waals surface area (Å²) in [6.45, 7) is 4.70. The van der Waals surface area contributed by atoms with Gasteiger partial charge in [-0.1, -0.05) is 6.92 Å². The molecule has 0 aromatic carbocycles. The topological polar surface area (TPSA) is 55.6 Å². The summed E-state index contributed by atoms with van der Waals surface area (Å²) in [4.78, 5) is 18.7. The molecule has 24 heavy (non-hydrogen) atoms. The summed E-state index contributed by atoms with van der Waals surface area (Å²) in [7, 11) is 1.89. The van der Waals surface area contributed by atoms with Crippen molar-refractivity contribution in [3.05, 3.63) is 43.0 Å². The molecule has 0 fully saturated rings. The van der Waals surface area contributed by atoms with Crippen molar-refractivity contribution in [2.45, 2.75) is 39.7 Å². The lowest BCUT2D eigenvalue weighted by molar-refractivity contribution is 0.509. The highest BCUT2D eigenvalue weighted by Crippen LogP contribution is 2.35. The number of nitrogens with zero attached hydrogens (tertiary/aromatic N) is 3. The predicted molar refractivity (Wildman–Crippen MR) is 99.5 cm³/mol. The molecule has 4 rings (SSSR count). The molecule has 3 aromatic heterocycles. The van der Waals surface area contributed by atoms with E-state index in [-0.39, 0.29) is 5.56 Å². The lowest BCUT2D eigenvalue weighted by Crippen LogP contribution is -2.23. The van der Waals surface area contributed by atoms with Gasteiger partial charge < -0.3 is 4.98 Å². The van der Waals surface area contributed by atoms with E-state index in [9.17, 15) is 4.79 Å². The largest absolute Gasteiger partial charge is 0.323 e. The maximum Gasteiger partial charge on any atom is 0.263 e. The molecule has 1 aliphatic carbocycles. The summed E-state index contributed by atoms with van der Waals surface area (Å²) in [5.74, 6) is 0.689. The van der Waals surface area contributed by atoms with E-state index in [0.29, 0.717) is 17.2 Å². The Morgan fingerprint density at radius 1 is 1.50 bits per heavy atom. The average Bonchev–Trinajstić information content (AvgIpc) is 3.02. The zero-order valence-electron chi connectivity index (χ0n) is 14.0. The summed E-state index contributed by atoms with van der Waals surface area (Å²) in [6.07, 6.45) is 5.15. The molecule has 126 valence electrons. The summed E-state index contributed by atoms with van der Waals surface area (Å²) < 4.78 is 3.93. The van der Waals surface area contributed by atoms with Crippen molar-refractivity contribution in [1.82, 2.24) is 19.3 Å². The fourth-order valence-corrected chi connectivity index (χ4v) is 5.29. The number of nitrogens with one attached hydrogen (secondary N) is 1. The molecule has 0 bridgehead atoms. The van der Waals surface area contributed by atoms with Crippen molar-refractivity contribution in [2.24, 2.45) is 13.0 Å². The zero-order chi connectivity index (χ0) is 17.0. The first-order chi connectivity index (χ1) is 11.4. The van der Waals surface area contributed by atoms with Crippen LogP contribution >= 0.6 is 23.6 Å². The van der Waals surface area contributed by atoms with Gasteiger partial charge in [0.05, 0.1) is 17.6 Å². The fourth-order valence-electron chi connectivity index (χ4n) is 3.57. The van der Waals surface area contributed by atoms with Crippen LogP contribution in [0, 0.1) is 17.6 Å². The molecule has 3 heterocycles. The first kappa shape index (κ1) is 15.8. The van der Waals surface area contributed by atoms with Gasteiger partial charge in [0.2, 0.25) is 0 Å². The van der Waals surface area contributed by atoms with Gasteiger partial charge in [0.25, 0.3) is 5.56 Å². The molecule has 0 aliphatic heterocycles. The first-order valence-electron chi connectivity index (χ1n) is 8.20. The van der Waals surface area contributed by atoms with Gasteiger partial charge in [0.15, 0.2) is 4.77 Å². The highest BCUT2D eigenvalue weighted by molar-refractivity contribution is 7.71. The molecule has 0 amide bonds. The van der Waals surface area contributed by atoms with Gasteiger partial charge in [0, 0.05) is 23.7 Å². The smallest absolute Gasteiger partial charge is 0.263 e. The molecule has 7 heteroatoms. The molecule has 0 saturated carbocycles. The Kier molecular flexibility index (Phi) is 3.73. The van der Waals surface area contributed by atoms with Crippen LogP contribution in [0.25, 0.3) is 10.2 Å². The van der Waals surface area contributed by atoms with Crippen LogP contribution in [-0.2, 0) is 26.4 Å². The van der Waals surface area contributed by atoms with E-state index in [1.54, 1.807) is 20.6 Å². The van der Waals surface area contributed by atoms with Gasteiger partial charge in [-0.2, -0.15) is 5.10 Å². The predicted octanol–water partition coefficient (Wildman–Crippen LogP) is 3.34. The molecular weight excluding hydrogens is 340 g/mol. The van der Waals surface area contributed by atoms with E-state index >= 15 is 0 Å². The summed E-state index contributed by atoms with van der Waals surface area (Å²) in [5, 5.41) is 5.20. The van der Waals surface area contributed by atoms with Crippen LogP contribution in [0.4, 0.5) is 0 Å². The maximum atomic E-state index is 13.1. The molecule has 3 aromatic rings. The van der Waals surface area contributed by atoms with Crippen molar-refractivity contribution in [2.75, 3.05) is 0 Å². The number of aryl methyl sites for hydroxylation is 3. The number of fused-ring (bicyclic) bond motifs is 3. The summed E-state index contributed by atoms with van der Waals surface area (Å²) >= 11 is 7.17. The normalized spacial score (nSPS) is 17.4. The van der Waals surface area contributed by atoms with Gasteiger partial charge in [-0.25, -0.2) is 0 Å². The van der Waals surface area contributed by atoms with Crippen LogP contribution in [0.3, 0.4) is 0 Å². The summed E-state index contributed by atoms with van der Waals surface area (Å²) in [6, 6.07) is 0. The zero-order valence-corrected chi connectivity index (χ0v) is 15.7. The van der Waals surface area contributed by atoms with E-state index in [0.717, 1.165) is 40.7 Å². The van der Waals surface area contributed by atoms with Gasteiger partial charge >= 0.3 is 0 Å². The van der Waals surface area contributed by atoms with Crippen molar-refractivity contribution < 1.29 is 0 Å². The third kappa shape index (κ3) is 2.46. The number of H-pyrrole nitrogens is 1. The number of thiophene rings is 1. The molecule has 0 radical (unpaired) electrons. The number of hydrogen-bond acceptors (Lipinski definition) is 4. The van der Waals surface area contributed by atoms with Crippen molar-refractivity contribution in [3.63, 3.8) is 0 Å². The Bertz CT molecular complexity index is 1050. The van der Waals surface area contributed by atoms with Gasteiger partial charge in [-0.05, 0) is 49.9 Å². The molecule has 0 spiro atoms. The Morgan fingerprint density at radius 2 is 2.29 bits per heavy atom. The second kappa shape index (κ2) is 5.67. The Balaban J connectivity index is 1.89. The molecule has 1 atom stereocenters. The number of aromatic amines is 1. The maximum absolute atomic E-state index is 13.1. The number of hydrogen-bond donors (Lipinski definition) is 1. The van der Waals surface area contributed by atoms with Crippen LogP contribution in [0.5, 0.6) is 0 Å². The second-order valence-electron chi connectivity index (χ2n) is 6.79. The van der Waals surface area contributed by atoms with Gasteiger partial charge in [-0.3, -0.25) is 14.0 Å². The first-order valence-corrected chi connectivity index (χ1v) is 9.43. The van der Waals surface area contributed by atoms with E-state index in [2.05, 4.69) is 17.0 Å². The SMILES string of the molecule is Cc1nn(C)cc1Cn1c(=S)[nH]c2sc3c(c2c1=O)CCC(C)C3. The lowest BCUT2D eigenvalue weighted by atomic mass is 9.89. The number of rotatable bonds is 2. The minimum Gasteiger partial charge on any atom is -0.323 e. The molecule has 1 N–H and O–H groups in total. The second-order valence-corrected chi connectivity index (χ2v) is 8.28. The Labute approximate surface area is 149 Å². The monoisotopic (exact) mass is 360 g/mol. The fraction of sp³-hybridized carbons (Fsp3) is 0.471. The van der Waals surface area contributed by atoms with Crippen LogP contribution in [-0.4, -0.2) is 19.3 Å². The molecule has 0 saturated heterocycles. The van der Waals surface area contributed by atoms with Crippen LogP contribution in [0.2, 0.25) is 0 Å². The molecule has 1 unspecified atom stereocenters. The molecule has 5 nitrogen and oxygen atoms in total. The average molecular weight is 361 g/mol. The molecule has 1 aliphatic rings. The van der Waals surface area contributed by atoms with E-state index in [4.69, 9.17) is 12.2 Å². The minimum atomic E-state index is 0.0315. The van der Waals surface area contributed by atoms with Gasteiger partial charge in [-0.15, -0.1) is 11.3 Å².